The van der Waals surface area contributed by atoms with Crippen LogP contribution in [0.2, 0.25) is 0 Å². The molecule has 0 saturated heterocycles. The van der Waals surface area contributed by atoms with E-state index in [0.717, 1.165) is 77.0 Å². The summed E-state index contributed by atoms with van der Waals surface area (Å²) >= 11 is 0. The SMILES string of the molecule is CCCCC/C=C\C/C=C\CC(CC/C=C\C/C=C\C/C=C\CCCCCCCC(=O)O)CCCCCC(=O)O. The number of carboxylic acids is 2. The zero-order valence-corrected chi connectivity index (χ0v) is 25.6. The van der Waals surface area contributed by atoms with Crippen LogP contribution < -0.4 is 0 Å². The standard InChI is InChI=1S/C36H60O4/c1-2-3-4-5-6-14-17-20-24-29-34(31-26-23-28-33-36(39)40)30-25-21-18-15-12-10-8-7-9-11-13-16-19-22-27-32-35(37)38/h6-7,9-10,12,14,18,20-21,24,34H,2-5,8,11,13,15-17,19,22-23,25-33H2,1H3,(H,37,38)(H,39,40)/b9-7-,12-10-,14-6-,21-18-,24-20-. The van der Waals surface area contributed by atoms with Crippen molar-refractivity contribution in [2.45, 2.75) is 148 Å². The van der Waals surface area contributed by atoms with Crippen LogP contribution in [-0.4, -0.2) is 22.2 Å². The maximum Gasteiger partial charge on any atom is 0.303 e. The third-order valence-electron chi connectivity index (χ3n) is 7.10. The molecule has 228 valence electrons. The molecule has 0 bridgehead atoms. The van der Waals surface area contributed by atoms with Gasteiger partial charge in [-0.1, -0.05) is 119 Å². The Hall–Kier alpha value is -2.36. The number of rotatable bonds is 29. The molecule has 0 aliphatic heterocycles. The van der Waals surface area contributed by atoms with Gasteiger partial charge in [-0.15, -0.1) is 0 Å². The van der Waals surface area contributed by atoms with E-state index in [1.165, 1.54) is 51.4 Å². The van der Waals surface area contributed by atoms with Crippen LogP contribution in [0.25, 0.3) is 0 Å². The van der Waals surface area contributed by atoms with Crippen molar-refractivity contribution in [3.05, 3.63) is 60.8 Å². The van der Waals surface area contributed by atoms with Crippen LogP contribution in [0.4, 0.5) is 0 Å². The summed E-state index contributed by atoms with van der Waals surface area (Å²) in [6.07, 6.45) is 45.4. The van der Waals surface area contributed by atoms with Crippen LogP contribution in [0.1, 0.15) is 148 Å². The zero-order chi connectivity index (χ0) is 29.4. The van der Waals surface area contributed by atoms with Gasteiger partial charge >= 0.3 is 11.9 Å². The molecule has 0 aliphatic rings. The average molecular weight is 557 g/mol. The molecule has 0 aromatic carbocycles. The van der Waals surface area contributed by atoms with Gasteiger partial charge in [-0.25, -0.2) is 0 Å². The molecule has 4 nitrogen and oxygen atoms in total. The second kappa shape index (κ2) is 31.2. The summed E-state index contributed by atoms with van der Waals surface area (Å²) < 4.78 is 0. The molecule has 0 heterocycles. The average Bonchev–Trinajstić information content (AvgIpc) is 2.92. The van der Waals surface area contributed by atoms with Crippen molar-refractivity contribution in [1.82, 2.24) is 0 Å². The quantitative estimate of drug-likeness (QED) is 0.0709. The van der Waals surface area contributed by atoms with Gasteiger partial charge in [0.05, 0.1) is 0 Å². The predicted octanol–water partition coefficient (Wildman–Crippen LogP) is 11.2. The van der Waals surface area contributed by atoms with Gasteiger partial charge in [0.1, 0.15) is 0 Å². The van der Waals surface area contributed by atoms with Crippen LogP contribution in [-0.2, 0) is 9.59 Å². The first-order valence-electron chi connectivity index (χ1n) is 16.2. The lowest BCUT2D eigenvalue weighted by Crippen LogP contribution is -2.00. The zero-order valence-electron chi connectivity index (χ0n) is 25.6. The molecule has 2 N–H and O–H groups in total. The van der Waals surface area contributed by atoms with E-state index in [0.29, 0.717) is 18.8 Å². The minimum Gasteiger partial charge on any atom is -0.481 e. The highest BCUT2D eigenvalue weighted by Crippen LogP contribution is 2.21. The molecule has 0 aliphatic carbocycles. The largest absolute Gasteiger partial charge is 0.481 e. The van der Waals surface area contributed by atoms with Crippen LogP contribution >= 0.6 is 0 Å². The van der Waals surface area contributed by atoms with Crippen molar-refractivity contribution in [2.75, 3.05) is 0 Å². The second-order valence-corrected chi connectivity index (χ2v) is 10.9. The van der Waals surface area contributed by atoms with Crippen molar-refractivity contribution in [3.63, 3.8) is 0 Å². The van der Waals surface area contributed by atoms with Crippen LogP contribution in [0, 0.1) is 5.92 Å². The van der Waals surface area contributed by atoms with Crippen LogP contribution in [0.15, 0.2) is 60.8 Å². The van der Waals surface area contributed by atoms with E-state index in [-0.39, 0.29) is 0 Å². The highest BCUT2D eigenvalue weighted by Gasteiger charge is 2.06. The first-order chi connectivity index (χ1) is 19.6. The van der Waals surface area contributed by atoms with Crippen molar-refractivity contribution in [2.24, 2.45) is 5.92 Å². The van der Waals surface area contributed by atoms with E-state index in [4.69, 9.17) is 10.2 Å². The van der Waals surface area contributed by atoms with E-state index in [2.05, 4.69) is 67.7 Å². The first-order valence-corrected chi connectivity index (χ1v) is 16.2. The highest BCUT2D eigenvalue weighted by atomic mass is 16.4. The molecule has 1 atom stereocenters. The number of aliphatic carboxylic acids is 2. The third-order valence-corrected chi connectivity index (χ3v) is 7.10. The van der Waals surface area contributed by atoms with Gasteiger partial charge in [0.15, 0.2) is 0 Å². The molecule has 0 spiro atoms. The lowest BCUT2D eigenvalue weighted by molar-refractivity contribution is -0.138. The normalized spacial score (nSPS) is 13.1. The Balaban J connectivity index is 4.07. The summed E-state index contributed by atoms with van der Waals surface area (Å²) in [5.74, 6) is -0.700. The number of carbonyl (C=O) groups is 2. The van der Waals surface area contributed by atoms with Gasteiger partial charge in [-0.2, -0.15) is 0 Å². The molecule has 0 aromatic heterocycles. The van der Waals surface area contributed by atoms with Gasteiger partial charge in [-0.3, -0.25) is 9.59 Å². The summed E-state index contributed by atoms with van der Waals surface area (Å²) in [5, 5.41) is 17.5. The second-order valence-electron chi connectivity index (χ2n) is 10.9. The number of carboxylic acid groups (broad SMARTS) is 2. The molecule has 1 unspecified atom stereocenters. The van der Waals surface area contributed by atoms with Gasteiger partial charge in [0.25, 0.3) is 0 Å². The number of hydrogen-bond donors (Lipinski definition) is 2. The fraction of sp³-hybridized carbons (Fsp3) is 0.667. The fourth-order valence-electron chi connectivity index (χ4n) is 4.63. The molecule has 0 saturated carbocycles. The molecular formula is C36H60O4. The Morgan fingerprint density at radius 1 is 0.500 bits per heavy atom. The monoisotopic (exact) mass is 556 g/mol. The maximum absolute atomic E-state index is 10.7. The summed E-state index contributed by atoms with van der Waals surface area (Å²) in [4.78, 5) is 21.2. The van der Waals surface area contributed by atoms with Crippen molar-refractivity contribution >= 4 is 11.9 Å². The summed E-state index contributed by atoms with van der Waals surface area (Å²) in [5.41, 5.74) is 0. The van der Waals surface area contributed by atoms with Gasteiger partial charge in [-0.05, 0) is 83.0 Å². The predicted molar refractivity (Wildman–Crippen MR) is 172 cm³/mol. The molecule has 0 fully saturated rings. The third kappa shape index (κ3) is 31.9. The maximum atomic E-state index is 10.7. The number of hydrogen-bond acceptors (Lipinski definition) is 2. The van der Waals surface area contributed by atoms with Gasteiger partial charge < -0.3 is 10.2 Å². The van der Waals surface area contributed by atoms with Gasteiger partial charge in [0.2, 0.25) is 0 Å². The highest BCUT2D eigenvalue weighted by molar-refractivity contribution is 5.66. The van der Waals surface area contributed by atoms with E-state index >= 15 is 0 Å². The lowest BCUT2D eigenvalue weighted by Gasteiger charge is -2.14. The molecule has 0 radical (unpaired) electrons. The van der Waals surface area contributed by atoms with E-state index < -0.39 is 11.9 Å². The molecule has 0 rings (SSSR count). The number of allylic oxidation sites excluding steroid dienone is 10. The van der Waals surface area contributed by atoms with Crippen LogP contribution in [0.3, 0.4) is 0 Å². The molecular weight excluding hydrogens is 496 g/mol. The topological polar surface area (TPSA) is 74.6 Å². The summed E-state index contributed by atoms with van der Waals surface area (Å²) in [6, 6.07) is 0. The van der Waals surface area contributed by atoms with Gasteiger partial charge in [0, 0.05) is 12.8 Å². The Labute approximate surface area is 246 Å². The summed E-state index contributed by atoms with van der Waals surface area (Å²) in [6.45, 7) is 2.24. The molecule has 0 aromatic rings. The number of unbranched alkanes of at least 4 members (excludes halogenated alkanes) is 10. The van der Waals surface area contributed by atoms with Crippen LogP contribution in [0.5, 0.6) is 0 Å². The minimum absolute atomic E-state index is 0.290. The Morgan fingerprint density at radius 3 is 1.52 bits per heavy atom. The minimum atomic E-state index is -0.686. The Bertz CT molecular complexity index is 729. The fourth-order valence-corrected chi connectivity index (χ4v) is 4.63. The summed E-state index contributed by atoms with van der Waals surface area (Å²) in [7, 11) is 0. The Morgan fingerprint density at radius 2 is 0.950 bits per heavy atom. The molecule has 0 amide bonds. The van der Waals surface area contributed by atoms with E-state index in [9.17, 15) is 9.59 Å². The smallest absolute Gasteiger partial charge is 0.303 e. The molecule has 40 heavy (non-hydrogen) atoms. The van der Waals surface area contributed by atoms with Crippen molar-refractivity contribution in [1.29, 1.82) is 0 Å². The Kier molecular flexibility index (Phi) is 29.3. The first kappa shape index (κ1) is 37.6. The lowest BCUT2D eigenvalue weighted by atomic mass is 9.92. The van der Waals surface area contributed by atoms with Crippen molar-refractivity contribution < 1.29 is 19.8 Å². The van der Waals surface area contributed by atoms with E-state index in [1.807, 2.05) is 0 Å². The molecule has 4 heteroatoms. The van der Waals surface area contributed by atoms with E-state index in [1.54, 1.807) is 0 Å². The van der Waals surface area contributed by atoms with Crippen molar-refractivity contribution in [3.8, 4) is 0 Å².